The van der Waals surface area contributed by atoms with Crippen LogP contribution in [0.4, 0.5) is 11.4 Å². The van der Waals surface area contributed by atoms with E-state index in [0.29, 0.717) is 25.9 Å². The Labute approximate surface area is 187 Å². The van der Waals surface area contributed by atoms with Crippen molar-refractivity contribution in [3.05, 3.63) is 72.1 Å². The molecule has 3 aliphatic rings. The minimum Gasteiger partial charge on any atom is -0.372 e. The smallest absolute Gasteiger partial charge is 0.243 e. The molecule has 32 heavy (non-hydrogen) atoms. The van der Waals surface area contributed by atoms with E-state index < -0.39 is 10.0 Å². The van der Waals surface area contributed by atoms with Crippen molar-refractivity contribution < 1.29 is 13.2 Å². The lowest BCUT2D eigenvalue weighted by Gasteiger charge is -2.45. The van der Waals surface area contributed by atoms with Crippen LogP contribution in [0, 0.1) is 0 Å². The summed E-state index contributed by atoms with van der Waals surface area (Å²) in [5.41, 5.74) is 4.63. The maximum atomic E-state index is 13.4. The van der Waals surface area contributed by atoms with E-state index in [2.05, 4.69) is 34.3 Å². The van der Waals surface area contributed by atoms with Crippen molar-refractivity contribution in [1.82, 2.24) is 8.87 Å². The topological polar surface area (TPSA) is 74.7 Å². The zero-order chi connectivity index (χ0) is 22.1. The van der Waals surface area contributed by atoms with E-state index >= 15 is 0 Å². The molecule has 0 unspecified atom stereocenters. The molecular weight excluding hydrogens is 424 g/mol. The highest BCUT2D eigenvalue weighted by Crippen LogP contribution is 2.44. The SMILES string of the molecule is CN1C(=O)Cc2cc(S(=O)(=O)N3CCC4(CC3)Nc3ccccc3-n3cccc34)ccc21. The van der Waals surface area contributed by atoms with Crippen LogP contribution in [0.1, 0.15) is 24.1 Å². The van der Waals surface area contributed by atoms with Crippen molar-refractivity contribution in [2.75, 3.05) is 30.4 Å². The van der Waals surface area contributed by atoms with Crippen molar-refractivity contribution in [3.63, 3.8) is 0 Å². The summed E-state index contributed by atoms with van der Waals surface area (Å²) in [6, 6.07) is 17.4. The Morgan fingerprint density at radius 3 is 2.56 bits per heavy atom. The Bertz CT molecular complexity index is 1350. The summed E-state index contributed by atoms with van der Waals surface area (Å²) in [4.78, 5) is 13.8. The van der Waals surface area contributed by atoms with Gasteiger partial charge in [-0.25, -0.2) is 8.42 Å². The summed E-state index contributed by atoms with van der Waals surface area (Å²) in [6.45, 7) is 0.858. The lowest BCUT2D eigenvalue weighted by Crippen LogP contribution is -2.50. The van der Waals surface area contributed by atoms with E-state index in [9.17, 15) is 13.2 Å². The largest absolute Gasteiger partial charge is 0.372 e. The highest BCUT2D eigenvalue weighted by molar-refractivity contribution is 7.89. The summed E-state index contributed by atoms with van der Waals surface area (Å²) < 4.78 is 30.6. The first kappa shape index (κ1) is 19.6. The fourth-order valence-electron chi connectivity index (χ4n) is 5.34. The molecular formula is C24H24N4O3S. The molecule has 3 aliphatic heterocycles. The number of benzene rings is 2. The standard InChI is InChI=1S/C24H24N4O3S/c1-26-20-9-8-18(15-17(20)16-23(26)29)32(30,31)27-13-10-24(11-14-27)22-7-4-12-28(22)21-6-3-2-5-19(21)25-24/h2-9,12,15,25H,10-11,13-14,16H2,1H3. The number of hydrogen-bond acceptors (Lipinski definition) is 4. The van der Waals surface area contributed by atoms with Crippen LogP contribution in [0.2, 0.25) is 0 Å². The number of nitrogens with one attached hydrogen (secondary N) is 1. The first-order valence-corrected chi connectivity index (χ1v) is 12.3. The number of carbonyl (C=O) groups is 1. The Morgan fingerprint density at radius 1 is 0.969 bits per heavy atom. The molecule has 2 aromatic carbocycles. The summed E-state index contributed by atoms with van der Waals surface area (Å²) in [5, 5.41) is 3.72. The van der Waals surface area contributed by atoms with E-state index in [1.54, 1.807) is 34.5 Å². The zero-order valence-electron chi connectivity index (χ0n) is 17.8. The van der Waals surface area contributed by atoms with Crippen LogP contribution >= 0.6 is 0 Å². The molecule has 164 valence electrons. The van der Waals surface area contributed by atoms with E-state index in [0.717, 1.165) is 22.6 Å². The van der Waals surface area contributed by atoms with Gasteiger partial charge in [0.1, 0.15) is 0 Å². The molecule has 3 aromatic rings. The molecule has 0 radical (unpaired) electrons. The lowest BCUT2D eigenvalue weighted by atomic mass is 9.83. The number of hydrogen-bond donors (Lipinski definition) is 1. The molecule has 1 aromatic heterocycles. The zero-order valence-corrected chi connectivity index (χ0v) is 18.6. The van der Waals surface area contributed by atoms with Crippen molar-refractivity contribution in [2.24, 2.45) is 0 Å². The molecule has 1 saturated heterocycles. The first-order valence-electron chi connectivity index (χ1n) is 10.8. The number of amides is 1. The third-order valence-electron chi connectivity index (χ3n) is 7.12. The monoisotopic (exact) mass is 448 g/mol. The van der Waals surface area contributed by atoms with E-state index in [1.165, 1.54) is 5.69 Å². The number of piperidine rings is 1. The van der Waals surface area contributed by atoms with Crippen molar-refractivity contribution in [1.29, 1.82) is 0 Å². The molecule has 8 heteroatoms. The van der Waals surface area contributed by atoms with Crippen LogP contribution in [0.5, 0.6) is 0 Å². The summed E-state index contributed by atoms with van der Waals surface area (Å²) in [6.07, 6.45) is 3.68. The van der Waals surface area contributed by atoms with Crippen LogP contribution in [-0.2, 0) is 26.8 Å². The average Bonchev–Trinajstić information content (AvgIpc) is 3.40. The molecule has 7 nitrogen and oxygen atoms in total. The third kappa shape index (κ3) is 2.69. The second kappa shape index (κ2) is 6.70. The number of likely N-dealkylation sites (N-methyl/N-ethyl adjacent to an activating group) is 1. The van der Waals surface area contributed by atoms with Gasteiger partial charge in [-0.2, -0.15) is 4.31 Å². The van der Waals surface area contributed by atoms with E-state index in [-0.39, 0.29) is 22.8 Å². The Balaban J connectivity index is 1.28. The average molecular weight is 449 g/mol. The first-order chi connectivity index (χ1) is 15.4. The number of aromatic nitrogens is 1. The van der Waals surface area contributed by atoms with Crippen molar-refractivity contribution in [2.45, 2.75) is 29.7 Å². The molecule has 1 amide bonds. The molecule has 4 heterocycles. The van der Waals surface area contributed by atoms with Crippen LogP contribution in [0.3, 0.4) is 0 Å². The van der Waals surface area contributed by atoms with Crippen molar-refractivity contribution in [3.8, 4) is 5.69 Å². The predicted molar refractivity (Wildman–Crippen MR) is 123 cm³/mol. The molecule has 1 spiro atoms. The van der Waals surface area contributed by atoms with E-state index in [4.69, 9.17) is 0 Å². The molecule has 0 aliphatic carbocycles. The number of rotatable bonds is 2. The van der Waals surface area contributed by atoms with Gasteiger partial charge in [0.15, 0.2) is 0 Å². The molecule has 0 saturated carbocycles. The quantitative estimate of drug-likeness (QED) is 0.654. The molecule has 6 rings (SSSR count). The van der Waals surface area contributed by atoms with Gasteiger partial charge in [0.05, 0.1) is 28.2 Å². The number of sulfonamides is 1. The van der Waals surface area contributed by atoms with Gasteiger partial charge < -0.3 is 14.8 Å². The highest BCUT2D eigenvalue weighted by atomic mass is 32.2. The number of nitrogens with zero attached hydrogens (tertiary/aromatic N) is 3. The number of para-hydroxylation sites is 2. The van der Waals surface area contributed by atoms with Gasteiger partial charge in [-0.1, -0.05) is 12.1 Å². The predicted octanol–water partition coefficient (Wildman–Crippen LogP) is 3.10. The van der Waals surface area contributed by atoms with Gasteiger partial charge in [0.25, 0.3) is 0 Å². The second-order valence-electron chi connectivity index (χ2n) is 8.81. The minimum absolute atomic E-state index is 0.0129. The summed E-state index contributed by atoms with van der Waals surface area (Å²) in [7, 11) is -1.91. The van der Waals surface area contributed by atoms with Crippen LogP contribution in [0.15, 0.2) is 65.7 Å². The maximum absolute atomic E-state index is 13.4. The van der Waals surface area contributed by atoms with Crippen LogP contribution < -0.4 is 10.2 Å². The number of anilines is 2. The van der Waals surface area contributed by atoms with Gasteiger partial charge in [-0.3, -0.25) is 4.79 Å². The molecule has 1 fully saturated rings. The summed E-state index contributed by atoms with van der Waals surface area (Å²) in [5.74, 6) is -0.0129. The molecule has 1 N–H and O–H groups in total. The molecule has 0 bridgehead atoms. The van der Waals surface area contributed by atoms with Gasteiger partial charge in [-0.05, 0) is 60.9 Å². The van der Waals surface area contributed by atoms with Crippen molar-refractivity contribution >= 4 is 27.3 Å². The van der Waals surface area contributed by atoms with Gasteiger partial charge >= 0.3 is 0 Å². The molecule has 0 atom stereocenters. The Hall–Kier alpha value is -3.10. The van der Waals surface area contributed by atoms with Gasteiger partial charge in [-0.15, -0.1) is 0 Å². The number of fused-ring (bicyclic) bond motifs is 5. The normalized spacial score (nSPS) is 19.4. The number of carbonyl (C=O) groups excluding carboxylic acids is 1. The minimum atomic E-state index is -3.63. The maximum Gasteiger partial charge on any atom is 0.243 e. The third-order valence-corrected chi connectivity index (χ3v) is 9.01. The summed E-state index contributed by atoms with van der Waals surface area (Å²) >= 11 is 0. The fourth-order valence-corrected chi connectivity index (χ4v) is 6.83. The van der Waals surface area contributed by atoms with Crippen LogP contribution in [-0.4, -0.2) is 43.3 Å². The van der Waals surface area contributed by atoms with Crippen LogP contribution in [0.25, 0.3) is 5.69 Å². The fraction of sp³-hybridized carbons (Fsp3) is 0.292. The highest BCUT2D eigenvalue weighted by Gasteiger charge is 2.44. The lowest BCUT2D eigenvalue weighted by molar-refractivity contribution is -0.117. The Kier molecular flexibility index (Phi) is 4.10. The Morgan fingerprint density at radius 2 is 1.75 bits per heavy atom. The second-order valence-corrected chi connectivity index (χ2v) is 10.7. The van der Waals surface area contributed by atoms with E-state index in [1.807, 2.05) is 18.2 Å². The van der Waals surface area contributed by atoms with Gasteiger partial charge in [0, 0.05) is 37.7 Å². The van der Waals surface area contributed by atoms with Gasteiger partial charge in [0.2, 0.25) is 15.9 Å².